The molecule has 23 heavy (non-hydrogen) atoms. The van der Waals surface area contributed by atoms with Gasteiger partial charge in [-0.3, -0.25) is 4.79 Å². The molecule has 1 amide bonds. The molecule has 1 aromatic rings. The number of carbonyl (C=O) groups is 1. The van der Waals surface area contributed by atoms with Gasteiger partial charge in [-0.2, -0.15) is 0 Å². The molecule has 0 saturated carbocycles. The fraction of sp³-hybridized carbons (Fsp3) is 0.611. The third kappa shape index (κ3) is 4.69. The summed E-state index contributed by atoms with van der Waals surface area (Å²) >= 11 is 0. The maximum absolute atomic E-state index is 12.6. The normalized spacial score (nSPS) is 21.0. The van der Waals surface area contributed by atoms with Crippen molar-refractivity contribution in [1.82, 2.24) is 9.80 Å². The zero-order chi connectivity index (χ0) is 16.8. The standard InChI is InChI=1S/C18H28N2O3/c1-4-19(2)10-15-11-20(12-16(15)13-21)18(22)9-14-6-5-7-17(8-14)23-3/h5-8,15-16,21H,4,9-13H2,1-3H3/t15-,16-/m1/s1. The maximum atomic E-state index is 12.6. The molecule has 1 aliphatic heterocycles. The quantitative estimate of drug-likeness (QED) is 0.822. The molecule has 2 atom stereocenters. The molecule has 0 aromatic heterocycles. The zero-order valence-corrected chi connectivity index (χ0v) is 14.4. The van der Waals surface area contributed by atoms with Gasteiger partial charge in [0, 0.05) is 32.2 Å². The Morgan fingerprint density at radius 1 is 1.39 bits per heavy atom. The zero-order valence-electron chi connectivity index (χ0n) is 14.4. The van der Waals surface area contributed by atoms with Crippen LogP contribution >= 0.6 is 0 Å². The van der Waals surface area contributed by atoms with Gasteiger partial charge < -0.3 is 19.6 Å². The van der Waals surface area contributed by atoms with Crippen molar-refractivity contribution >= 4 is 5.91 Å². The number of rotatable bonds is 7. The van der Waals surface area contributed by atoms with E-state index < -0.39 is 0 Å². The lowest BCUT2D eigenvalue weighted by molar-refractivity contribution is -0.129. The number of methoxy groups -OCH3 is 1. The number of likely N-dealkylation sites (tertiary alicyclic amines) is 1. The van der Waals surface area contributed by atoms with Crippen LogP contribution in [-0.2, 0) is 11.2 Å². The highest BCUT2D eigenvalue weighted by molar-refractivity contribution is 5.79. The van der Waals surface area contributed by atoms with Crippen molar-refractivity contribution in [1.29, 1.82) is 0 Å². The van der Waals surface area contributed by atoms with Crippen LogP contribution in [-0.4, -0.2) is 67.8 Å². The van der Waals surface area contributed by atoms with Crippen molar-refractivity contribution in [2.75, 3.05) is 46.9 Å². The minimum absolute atomic E-state index is 0.123. The van der Waals surface area contributed by atoms with E-state index in [0.29, 0.717) is 18.9 Å². The molecule has 5 nitrogen and oxygen atoms in total. The third-order valence-electron chi connectivity index (χ3n) is 4.74. The molecule has 1 N–H and O–H groups in total. The van der Waals surface area contributed by atoms with Gasteiger partial charge in [0.05, 0.1) is 13.5 Å². The van der Waals surface area contributed by atoms with E-state index in [1.165, 1.54) is 0 Å². The van der Waals surface area contributed by atoms with Gasteiger partial charge in [0.25, 0.3) is 0 Å². The molecule has 0 aliphatic carbocycles. The first-order chi connectivity index (χ1) is 11.1. The van der Waals surface area contributed by atoms with Crippen LogP contribution in [0.4, 0.5) is 0 Å². The average molecular weight is 320 g/mol. The van der Waals surface area contributed by atoms with Gasteiger partial charge in [0.15, 0.2) is 0 Å². The van der Waals surface area contributed by atoms with E-state index in [1.807, 2.05) is 29.2 Å². The summed E-state index contributed by atoms with van der Waals surface area (Å²) in [5.74, 6) is 1.42. The summed E-state index contributed by atoms with van der Waals surface area (Å²) in [6.07, 6.45) is 0.381. The molecule has 0 bridgehead atoms. The Balaban J connectivity index is 1.97. The maximum Gasteiger partial charge on any atom is 0.227 e. The summed E-state index contributed by atoms with van der Waals surface area (Å²) in [7, 11) is 3.71. The molecule has 2 rings (SSSR count). The molecule has 1 fully saturated rings. The Kier molecular flexibility index (Phi) is 6.42. The molecule has 0 radical (unpaired) electrons. The number of benzene rings is 1. The average Bonchev–Trinajstić information content (AvgIpc) is 2.97. The minimum Gasteiger partial charge on any atom is -0.497 e. The number of amides is 1. The molecule has 1 heterocycles. The van der Waals surface area contributed by atoms with Crippen LogP contribution in [0.25, 0.3) is 0 Å². The van der Waals surface area contributed by atoms with Gasteiger partial charge >= 0.3 is 0 Å². The van der Waals surface area contributed by atoms with Crippen LogP contribution in [0, 0.1) is 11.8 Å². The molecular weight excluding hydrogens is 292 g/mol. The Labute approximate surface area is 138 Å². The first kappa shape index (κ1) is 17.8. The first-order valence-corrected chi connectivity index (χ1v) is 8.27. The summed E-state index contributed by atoms with van der Waals surface area (Å²) in [5.41, 5.74) is 0.962. The van der Waals surface area contributed by atoms with Crippen LogP contribution in [0.3, 0.4) is 0 Å². The van der Waals surface area contributed by atoms with Gasteiger partial charge in [0.1, 0.15) is 5.75 Å². The summed E-state index contributed by atoms with van der Waals surface area (Å²) in [6.45, 7) is 5.55. The van der Waals surface area contributed by atoms with Crippen LogP contribution in [0.5, 0.6) is 5.75 Å². The van der Waals surface area contributed by atoms with E-state index in [0.717, 1.165) is 30.9 Å². The van der Waals surface area contributed by atoms with Gasteiger partial charge in [-0.05, 0) is 37.2 Å². The van der Waals surface area contributed by atoms with Crippen LogP contribution < -0.4 is 4.74 Å². The highest BCUT2D eigenvalue weighted by Gasteiger charge is 2.34. The number of hydrogen-bond donors (Lipinski definition) is 1. The highest BCUT2D eigenvalue weighted by atomic mass is 16.5. The van der Waals surface area contributed by atoms with E-state index in [-0.39, 0.29) is 18.4 Å². The molecule has 128 valence electrons. The second-order valence-corrected chi connectivity index (χ2v) is 6.38. The number of aliphatic hydroxyl groups is 1. The van der Waals surface area contributed by atoms with E-state index in [2.05, 4.69) is 18.9 Å². The van der Waals surface area contributed by atoms with Gasteiger partial charge in [-0.1, -0.05) is 19.1 Å². The SMILES string of the molecule is CCN(C)C[C@@H]1CN(C(=O)Cc2cccc(OC)c2)C[C@@H]1CO. The number of hydrogen-bond acceptors (Lipinski definition) is 4. The summed E-state index contributed by atoms with van der Waals surface area (Å²) in [4.78, 5) is 16.7. The fourth-order valence-electron chi connectivity index (χ4n) is 3.15. The van der Waals surface area contributed by atoms with E-state index in [4.69, 9.17) is 4.74 Å². The smallest absolute Gasteiger partial charge is 0.227 e. The Morgan fingerprint density at radius 2 is 2.13 bits per heavy atom. The minimum atomic E-state index is 0.123. The Morgan fingerprint density at radius 3 is 2.78 bits per heavy atom. The second-order valence-electron chi connectivity index (χ2n) is 6.38. The molecule has 5 heteroatoms. The van der Waals surface area contributed by atoms with Gasteiger partial charge in [0.2, 0.25) is 5.91 Å². The third-order valence-corrected chi connectivity index (χ3v) is 4.74. The Bertz CT molecular complexity index is 521. The molecule has 0 spiro atoms. The number of carbonyl (C=O) groups excluding carboxylic acids is 1. The molecule has 1 aliphatic rings. The molecule has 1 aromatic carbocycles. The second kappa shape index (κ2) is 8.31. The van der Waals surface area contributed by atoms with Crippen LogP contribution in [0.2, 0.25) is 0 Å². The molecule has 1 saturated heterocycles. The predicted molar refractivity (Wildman–Crippen MR) is 90.5 cm³/mol. The van der Waals surface area contributed by atoms with Crippen molar-refractivity contribution in [2.24, 2.45) is 11.8 Å². The monoisotopic (exact) mass is 320 g/mol. The summed E-state index contributed by atoms with van der Waals surface area (Å²) in [6, 6.07) is 7.63. The lowest BCUT2D eigenvalue weighted by Gasteiger charge is -2.22. The number of ether oxygens (including phenoxy) is 1. The van der Waals surface area contributed by atoms with E-state index >= 15 is 0 Å². The van der Waals surface area contributed by atoms with Crippen molar-refractivity contribution < 1.29 is 14.6 Å². The topological polar surface area (TPSA) is 53.0 Å². The van der Waals surface area contributed by atoms with E-state index in [9.17, 15) is 9.90 Å². The summed E-state index contributed by atoms with van der Waals surface area (Å²) < 4.78 is 5.21. The fourth-order valence-corrected chi connectivity index (χ4v) is 3.15. The van der Waals surface area contributed by atoms with Gasteiger partial charge in [-0.15, -0.1) is 0 Å². The number of aliphatic hydroxyl groups excluding tert-OH is 1. The predicted octanol–water partition coefficient (Wildman–Crippen LogP) is 1.26. The Hall–Kier alpha value is -1.59. The van der Waals surface area contributed by atoms with Crippen molar-refractivity contribution in [3.05, 3.63) is 29.8 Å². The van der Waals surface area contributed by atoms with Crippen molar-refractivity contribution in [3.63, 3.8) is 0 Å². The van der Waals surface area contributed by atoms with Gasteiger partial charge in [-0.25, -0.2) is 0 Å². The molecule has 0 unspecified atom stereocenters. The van der Waals surface area contributed by atoms with Crippen LogP contribution in [0.1, 0.15) is 12.5 Å². The lowest BCUT2D eigenvalue weighted by Crippen LogP contribution is -2.32. The summed E-state index contributed by atoms with van der Waals surface area (Å²) in [5, 5.41) is 9.61. The van der Waals surface area contributed by atoms with Crippen molar-refractivity contribution in [3.8, 4) is 5.75 Å². The first-order valence-electron chi connectivity index (χ1n) is 8.27. The largest absolute Gasteiger partial charge is 0.497 e. The molecular formula is C18H28N2O3. The van der Waals surface area contributed by atoms with Crippen molar-refractivity contribution in [2.45, 2.75) is 13.3 Å². The lowest BCUT2D eigenvalue weighted by atomic mass is 9.96. The van der Waals surface area contributed by atoms with E-state index in [1.54, 1.807) is 7.11 Å². The highest BCUT2D eigenvalue weighted by Crippen LogP contribution is 2.25. The number of nitrogens with zero attached hydrogens (tertiary/aromatic N) is 2. The van der Waals surface area contributed by atoms with Crippen LogP contribution in [0.15, 0.2) is 24.3 Å².